The fraction of sp³-hybridized carbons (Fsp3) is 0.500. The summed E-state index contributed by atoms with van der Waals surface area (Å²) in [7, 11) is 3.88. The molecule has 1 atom stereocenters. The Morgan fingerprint density at radius 1 is 1.68 bits per heavy atom. The maximum Gasteiger partial charge on any atom is 0.256 e. The third kappa shape index (κ3) is 3.09. The van der Waals surface area contributed by atoms with E-state index in [4.69, 9.17) is 5.26 Å². The maximum absolute atomic E-state index is 12.3. The Labute approximate surface area is 113 Å². The predicted octanol–water partition coefficient (Wildman–Crippen LogP) is 0.977. The number of carbonyl (C=O) groups excluding carboxylic acids is 1. The molecule has 5 nitrogen and oxygen atoms in total. The number of rotatable bonds is 3. The van der Waals surface area contributed by atoms with Crippen molar-refractivity contribution in [3.63, 3.8) is 0 Å². The van der Waals surface area contributed by atoms with Crippen LogP contribution in [-0.4, -0.2) is 54.4 Å². The van der Waals surface area contributed by atoms with E-state index in [-0.39, 0.29) is 5.91 Å². The molecule has 0 saturated carbocycles. The van der Waals surface area contributed by atoms with Crippen molar-refractivity contribution in [1.29, 1.82) is 5.26 Å². The highest BCUT2D eigenvalue weighted by atomic mass is 16.2. The summed E-state index contributed by atoms with van der Waals surface area (Å²) < 4.78 is 0. The average Bonchev–Trinajstić information content (AvgIpc) is 2.83. The molecular weight excluding hydrogens is 240 g/mol. The molecule has 1 aliphatic rings. The van der Waals surface area contributed by atoms with Crippen LogP contribution in [-0.2, 0) is 0 Å². The van der Waals surface area contributed by atoms with Crippen LogP contribution in [0.5, 0.6) is 0 Å². The molecule has 1 unspecified atom stereocenters. The largest absolute Gasteiger partial charge is 0.341 e. The van der Waals surface area contributed by atoms with Gasteiger partial charge >= 0.3 is 0 Å². The van der Waals surface area contributed by atoms with Gasteiger partial charge in [0.05, 0.1) is 11.1 Å². The van der Waals surface area contributed by atoms with Crippen LogP contribution in [0.2, 0.25) is 0 Å². The molecule has 0 N–H and O–H groups in total. The summed E-state index contributed by atoms with van der Waals surface area (Å²) in [5.41, 5.74) is 0.772. The molecular formula is C14H18N4O. The van der Waals surface area contributed by atoms with E-state index in [2.05, 4.69) is 16.9 Å². The first kappa shape index (κ1) is 13.5. The number of amides is 1. The van der Waals surface area contributed by atoms with Gasteiger partial charge in [-0.3, -0.25) is 9.78 Å². The lowest BCUT2D eigenvalue weighted by Gasteiger charge is -2.21. The molecule has 100 valence electrons. The monoisotopic (exact) mass is 258 g/mol. The van der Waals surface area contributed by atoms with Crippen molar-refractivity contribution >= 4 is 5.91 Å². The predicted molar refractivity (Wildman–Crippen MR) is 71.5 cm³/mol. The number of carbonyl (C=O) groups is 1. The summed E-state index contributed by atoms with van der Waals surface area (Å²) in [6, 6.07) is 3.61. The first-order valence-electron chi connectivity index (χ1n) is 6.40. The molecule has 5 heteroatoms. The summed E-state index contributed by atoms with van der Waals surface area (Å²) in [4.78, 5) is 20.2. The van der Waals surface area contributed by atoms with E-state index in [0.29, 0.717) is 17.0 Å². The Morgan fingerprint density at radius 3 is 3.11 bits per heavy atom. The van der Waals surface area contributed by atoms with Crippen molar-refractivity contribution in [3.05, 3.63) is 29.6 Å². The number of aromatic nitrogens is 1. The first-order chi connectivity index (χ1) is 9.11. The van der Waals surface area contributed by atoms with Gasteiger partial charge in [0.2, 0.25) is 0 Å². The second-order valence-corrected chi connectivity index (χ2v) is 5.14. The number of pyridine rings is 1. The number of hydrogen-bond donors (Lipinski definition) is 0. The van der Waals surface area contributed by atoms with Crippen molar-refractivity contribution in [3.8, 4) is 6.07 Å². The number of hydrogen-bond acceptors (Lipinski definition) is 4. The standard InChI is InChI=1S/C14H18N4O/c1-17-6-4-11(9-17)10-18(2)14(19)13-8-16-5-3-12(13)7-15/h3,5,8,11H,4,6,9-10H2,1-2H3. The first-order valence-corrected chi connectivity index (χ1v) is 6.40. The Morgan fingerprint density at radius 2 is 2.47 bits per heavy atom. The van der Waals surface area contributed by atoms with Crippen LogP contribution < -0.4 is 0 Å². The molecule has 0 spiro atoms. The van der Waals surface area contributed by atoms with Crippen molar-refractivity contribution in [2.24, 2.45) is 5.92 Å². The summed E-state index contributed by atoms with van der Waals surface area (Å²) in [5.74, 6) is 0.389. The molecule has 0 aromatic carbocycles. The molecule has 1 fully saturated rings. The van der Waals surface area contributed by atoms with E-state index in [1.165, 1.54) is 12.4 Å². The third-order valence-corrected chi connectivity index (χ3v) is 3.54. The van der Waals surface area contributed by atoms with E-state index in [9.17, 15) is 4.79 Å². The van der Waals surface area contributed by atoms with Gasteiger partial charge < -0.3 is 9.80 Å². The van der Waals surface area contributed by atoms with Gasteiger partial charge in [0.25, 0.3) is 5.91 Å². The smallest absolute Gasteiger partial charge is 0.256 e. The van der Waals surface area contributed by atoms with Crippen LogP contribution in [0.3, 0.4) is 0 Å². The van der Waals surface area contributed by atoms with E-state index in [0.717, 1.165) is 26.1 Å². The molecule has 1 saturated heterocycles. The lowest BCUT2D eigenvalue weighted by atomic mass is 10.1. The number of nitriles is 1. The van der Waals surface area contributed by atoms with Gasteiger partial charge in [0, 0.05) is 32.5 Å². The minimum atomic E-state index is -0.126. The van der Waals surface area contributed by atoms with E-state index < -0.39 is 0 Å². The van der Waals surface area contributed by atoms with E-state index in [1.54, 1.807) is 18.0 Å². The SMILES string of the molecule is CN1CCC(CN(C)C(=O)c2cnccc2C#N)C1. The van der Waals surface area contributed by atoms with Gasteiger partial charge in [0.1, 0.15) is 6.07 Å². The second-order valence-electron chi connectivity index (χ2n) is 5.14. The maximum atomic E-state index is 12.3. The summed E-state index contributed by atoms with van der Waals surface area (Å²) in [6.07, 6.45) is 4.12. The summed E-state index contributed by atoms with van der Waals surface area (Å²) in [5, 5.41) is 9.01. The third-order valence-electron chi connectivity index (χ3n) is 3.54. The van der Waals surface area contributed by atoms with Crippen molar-refractivity contribution in [2.45, 2.75) is 6.42 Å². The Kier molecular flexibility index (Phi) is 4.13. The zero-order chi connectivity index (χ0) is 13.8. The highest BCUT2D eigenvalue weighted by Gasteiger charge is 2.24. The van der Waals surface area contributed by atoms with Crippen LogP contribution >= 0.6 is 0 Å². The highest BCUT2D eigenvalue weighted by molar-refractivity contribution is 5.96. The van der Waals surface area contributed by atoms with E-state index in [1.807, 2.05) is 6.07 Å². The Bertz CT molecular complexity index is 508. The molecule has 2 heterocycles. The number of likely N-dealkylation sites (tertiary alicyclic amines) is 1. The van der Waals surface area contributed by atoms with Crippen LogP contribution in [0.4, 0.5) is 0 Å². The van der Waals surface area contributed by atoms with Crippen LogP contribution in [0.1, 0.15) is 22.3 Å². The Balaban J connectivity index is 2.05. The molecule has 1 amide bonds. The van der Waals surface area contributed by atoms with Gasteiger partial charge in [-0.2, -0.15) is 5.26 Å². The van der Waals surface area contributed by atoms with Crippen LogP contribution in [0, 0.1) is 17.2 Å². The summed E-state index contributed by atoms with van der Waals surface area (Å²) in [6.45, 7) is 2.84. The van der Waals surface area contributed by atoms with Crippen LogP contribution in [0.15, 0.2) is 18.5 Å². The molecule has 1 aliphatic heterocycles. The Hall–Kier alpha value is -1.93. The average molecular weight is 258 g/mol. The fourth-order valence-corrected chi connectivity index (χ4v) is 2.51. The fourth-order valence-electron chi connectivity index (χ4n) is 2.51. The quantitative estimate of drug-likeness (QED) is 0.810. The molecule has 0 bridgehead atoms. The molecule has 1 aromatic rings. The van der Waals surface area contributed by atoms with Gasteiger partial charge in [-0.05, 0) is 32.0 Å². The topological polar surface area (TPSA) is 60.2 Å². The van der Waals surface area contributed by atoms with Gasteiger partial charge in [-0.15, -0.1) is 0 Å². The van der Waals surface area contributed by atoms with Gasteiger partial charge in [-0.25, -0.2) is 0 Å². The van der Waals surface area contributed by atoms with Crippen molar-refractivity contribution in [1.82, 2.24) is 14.8 Å². The zero-order valence-corrected chi connectivity index (χ0v) is 11.3. The van der Waals surface area contributed by atoms with Crippen LogP contribution in [0.25, 0.3) is 0 Å². The summed E-state index contributed by atoms with van der Waals surface area (Å²) >= 11 is 0. The van der Waals surface area contributed by atoms with Crippen molar-refractivity contribution < 1.29 is 4.79 Å². The van der Waals surface area contributed by atoms with Crippen molar-refractivity contribution in [2.75, 3.05) is 33.7 Å². The lowest BCUT2D eigenvalue weighted by molar-refractivity contribution is 0.0773. The second kappa shape index (κ2) is 5.81. The highest BCUT2D eigenvalue weighted by Crippen LogP contribution is 2.17. The molecule has 0 aliphatic carbocycles. The molecule has 1 aromatic heterocycles. The van der Waals surface area contributed by atoms with Gasteiger partial charge in [0.15, 0.2) is 0 Å². The minimum Gasteiger partial charge on any atom is -0.341 e. The molecule has 19 heavy (non-hydrogen) atoms. The normalized spacial score (nSPS) is 19.1. The zero-order valence-electron chi connectivity index (χ0n) is 11.3. The van der Waals surface area contributed by atoms with E-state index >= 15 is 0 Å². The minimum absolute atomic E-state index is 0.126. The van der Waals surface area contributed by atoms with Gasteiger partial charge in [-0.1, -0.05) is 0 Å². The molecule has 0 radical (unpaired) electrons. The lowest BCUT2D eigenvalue weighted by Crippen LogP contribution is -2.33. The molecule has 2 rings (SSSR count). The number of nitrogens with zero attached hydrogens (tertiary/aromatic N) is 4.